The molecular formula is C41H52F2N6O8. The summed E-state index contributed by atoms with van der Waals surface area (Å²) in [5, 5.41) is 7.93. The van der Waals surface area contributed by atoms with Crippen molar-refractivity contribution in [1.82, 2.24) is 30.7 Å². The number of rotatable bonds is 8. The molecule has 57 heavy (non-hydrogen) atoms. The van der Waals surface area contributed by atoms with Crippen LogP contribution in [-0.2, 0) is 57.6 Å². The fourth-order valence-corrected chi connectivity index (χ4v) is 7.69. The van der Waals surface area contributed by atoms with Gasteiger partial charge in [0, 0.05) is 32.6 Å². The van der Waals surface area contributed by atoms with Gasteiger partial charge in [-0.2, -0.15) is 0 Å². The van der Waals surface area contributed by atoms with Crippen molar-refractivity contribution in [2.24, 2.45) is 5.92 Å². The number of cyclic esters (lactones) is 1. The predicted octanol–water partition coefficient (Wildman–Crippen LogP) is 1.81. The molecular weight excluding hydrogens is 742 g/mol. The van der Waals surface area contributed by atoms with Crippen LogP contribution in [0.15, 0.2) is 42.5 Å². The molecule has 2 aromatic carbocycles. The number of amides is 6. The molecule has 3 saturated heterocycles. The van der Waals surface area contributed by atoms with Crippen molar-refractivity contribution < 1.29 is 47.1 Å². The zero-order valence-electron chi connectivity index (χ0n) is 33.2. The molecule has 0 saturated carbocycles. The molecule has 0 bridgehead atoms. The Balaban J connectivity index is 1.49. The van der Waals surface area contributed by atoms with E-state index in [4.69, 9.17) is 4.74 Å². The van der Waals surface area contributed by atoms with Crippen LogP contribution in [-0.4, -0.2) is 119 Å². The number of benzene rings is 2. The number of carbonyl (C=O) groups is 7. The zero-order valence-corrected chi connectivity index (χ0v) is 33.2. The number of likely N-dealkylation sites (N-methyl/N-ethyl adjacent to an activating group) is 1. The van der Waals surface area contributed by atoms with E-state index in [1.165, 1.54) is 42.5 Å². The zero-order chi connectivity index (χ0) is 41.7. The van der Waals surface area contributed by atoms with Crippen molar-refractivity contribution in [3.63, 3.8) is 0 Å². The minimum atomic E-state index is -1.61. The minimum absolute atomic E-state index is 0.0461. The topological polar surface area (TPSA) is 175 Å². The van der Waals surface area contributed by atoms with Crippen LogP contribution in [0.1, 0.15) is 70.6 Å². The lowest BCUT2D eigenvalue weighted by Gasteiger charge is -2.36. The fourth-order valence-electron chi connectivity index (χ4n) is 7.69. The van der Waals surface area contributed by atoms with Gasteiger partial charge in [-0.3, -0.25) is 28.8 Å². The molecule has 8 atom stereocenters. The summed E-state index contributed by atoms with van der Waals surface area (Å²) in [4.78, 5) is 101. The van der Waals surface area contributed by atoms with Crippen molar-refractivity contribution in [3.8, 4) is 0 Å². The normalized spacial score (nSPS) is 26.7. The molecule has 0 spiro atoms. The lowest BCUT2D eigenvalue weighted by Crippen LogP contribution is -2.62. The van der Waals surface area contributed by atoms with E-state index >= 15 is 0 Å². The Morgan fingerprint density at radius 1 is 0.877 bits per heavy atom. The van der Waals surface area contributed by atoms with Crippen molar-refractivity contribution in [2.75, 3.05) is 20.1 Å². The van der Waals surface area contributed by atoms with E-state index in [-0.39, 0.29) is 50.3 Å². The quantitative estimate of drug-likeness (QED) is 0.340. The van der Waals surface area contributed by atoms with E-state index in [0.29, 0.717) is 18.1 Å². The fraction of sp³-hybridized carbons (Fsp3) is 0.537. The van der Waals surface area contributed by atoms with Crippen molar-refractivity contribution >= 4 is 41.4 Å². The van der Waals surface area contributed by atoms with Crippen molar-refractivity contribution in [2.45, 2.75) is 115 Å². The van der Waals surface area contributed by atoms with Gasteiger partial charge in [0.05, 0.1) is 6.42 Å². The maximum absolute atomic E-state index is 14.5. The SMILES string of the molecule is CCc1ccc(CC(=O)N[C@@H](Cc2cc(F)cc(F)c2)C(=O)N[C@@H]2C(=O)N3CCC[C@H]3C(=O)N(C)[C@@H](C)C(=O)N[C@@H](C)C(=O)N3C[C@@H](C)CC3C(=O)O[C@H]2C)cc1. The van der Waals surface area contributed by atoms with E-state index in [2.05, 4.69) is 16.0 Å². The number of fused-ring (bicyclic) bond motifs is 2. The predicted molar refractivity (Wildman–Crippen MR) is 203 cm³/mol. The third-order valence-corrected chi connectivity index (χ3v) is 11.1. The first-order valence-electron chi connectivity index (χ1n) is 19.5. The van der Waals surface area contributed by atoms with E-state index in [1.54, 1.807) is 12.1 Å². The average Bonchev–Trinajstić information content (AvgIpc) is 3.82. The van der Waals surface area contributed by atoms with Gasteiger partial charge in [-0.15, -0.1) is 0 Å². The maximum Gasteiger partial charge on any atom is 0.329 e. The molecule has 6 amide bonds. The Morgan fingerprint density at radius 2 is 1.53 bits per heavy atom. The van der Waals surface area contributed by atoms with E-state index in [1.807, 2.05) is 26.0 Å². The Kier molecular flexibility index (Phi) is 13.7. The van der Waals surface area contributed by atoms with Crippen LogP contribution >= 0.6 is 0 Å². The summed E-state index contributed by atoms with van der Waals surface area (Å²) < 4.78 is 34.5. The van der Waals surface area contributed by atoms with Crippen LogP contribution in [0.3, 0.4) is 0 Å². The van der Waals surface area contributed by atoms with Gasteiger partial charge < -0.3 is 35.4 Å². The third kappa shape index (κ3) is 10.1. The highest BCUT2D eigenvalue weighted by Gasteiger charge is 2.46. The second-order valence-electron chi connectivity index (χ2n) is 15.5. The van der Waals surface area contributed by atoms with Gasteiger partial charge in [-0.25, -0.2) is 13.6 Å². The van der Waals surface area contributed by atoms with Gasteiger partial charge in [0.25, 0.3) is 0 Å². The summed E-state index contributed by atoms with van der Waals surface area (Å²) in [6, 6.07) is 2.78. The second kappa shape index (κ2) is 18.2. The largest absolute Gasteiger partial charge is 0.458 e. The second-order valence-corrected chi connectivity index (χ2v) is 15.5. The van der Waals surface area contributed by atoms with Gasteiger partial charge in [0.2, 0.25) is 35.4 Å². The van der Waals surface area contributed by atoms with Gasteiger partial charge in [-0.05, 0) is 81.2 Å². The Morgan fingerprint density at radius 3 is 2.18 bits per heavy atom. The molecule has 3 heterocycles. The molecule has 3 fully saturated rings. The van der Waals surface area contributed by atoms with Gasteiger partial charge in [0.15, 0.2) is 0 Å². The highest BCUT2D eigenvalue weighted by atomic mass is 19.1. The molecule has 0 aromatic heterocycles. The van der Waals surface area contributed by atoms with Gasteiger partial charge in [-0.1, -0.05) is 38.1 Å². The molecule has 16 heteroatoms. The molecule has 14 nitrogen and oxygen atoms in total. The number of nitrogens with zero attached hydrogens (tertiary/aromatic N) is 3. The van der Waals surface area contributed by atoms with Crippen molar-refractivity contribution in [3.05, 3.63) is 70.8 Å². The van der Waals surface area contributed by atoms with E-state index in [9.17, 15) is 42.3 Å². The summed E-state index contributed by atoms with van der Waals surface area (Å²) in [7, 11) is 1.42. The lowest BCUT2D eigenvalue weighted by molar-refractivity contribution is -0.162. The number of hydrogen-bond acceptors (Lipinski definition) is 8. The molecule has 3 aliphatic heterocycles. The third-order valence-electron chi connectivity index (χ3n) is 11.1. The first kappa shape index (κ1) is 42.7. The first-order chi connectivity index (χ1) is 27.0. The van der Waals surface area contributed by atoms with Crippen LogP contribution in [0.5, 0.6) is 0 Å². The smallest absolute Gasteiger partial charge is 0.329 e. The van der Waals surface area contributed by atoms with Crippen LogP contribution in [0.4, 0.5) is 8.78 Å². The summed E-state index contributed by atoms with van der Waals surface area (Å²) in [6.07, 6.45) is -0.178. The van der Waals surface area contributed by atoms with Crippen LogP contribution < -0.4 is 16.0 Å². The summed E-state index contributed by atoms with van der Waals surface area (Å²) in [5.74, 6) is -6.72. The molecule has 0 radical (unpaired) electrons. The minimum Gasteiger partial charge on any atom is -0.458 e. The first-order valence-corrected chi connectivity index (χ1v) is 19.5. The number of esters is 1. The molecule has 1 unspecified atom stereocenters. The highest BCUT2D eigenvalue weighted by molar-refractivity contribution is 5.97. The number of hydrogen-bond donors (Lipinski definition) is 3. The lowest BCUT2D eigenvalue weighted by atomic mass is 10.0. The number of aryl methyl sites for hydroxylation is 1. The van der Waals surface area contributed by atoms with E-state index in [0.717, 1.165) is 24.1 Å². The molecule has 2 aromatic rings. The van der Waals surface area contributed by atoms with Crippen LogP contribution in [0, 0.1) is 17.6 Å². The molecule has 308 valence electrons. The number of carbonyl (C=O) groups excluding carboxylic acids is 7. The highest BCUT2D eigenvalue weighted by Crippen LogP contribution is 2.27. The number of ether oxygens (including phenoxy) is 1. The molecule has 3 N–H and O–H groups in total. The summed E-state index contributed by atoms with van der Waals surface area (Å²) in [5.41, 5.74) is 1.76. The summed E-state index contributed by atoms with van der Waals surface area (Å²) in [6.45, 7) is 8.53. The number of halogens is 2. The average molecular weight is 795 g/mol. The Labute approximate surface area is 331 Å². The molecule has 5 rings (SSSR count). The monoisotopic (exact) mass is 794 g/mol. The Bertz CT molecular complexity index is 1860. The van der Waals surface area contributed by atoms with Crippen LogP contribution in [0.2, 0.25) is 0 Å². The van der Waals surface area contributed by atoms with Gasteiger partial charge >= 0.3 is 5.97 Å². The maximum atomic E-state index is 14.5. The molecule has 3 aliphatic rings. The Hall–Kier alpha value is -5.41. The molecule has 0 aliphatic carbocycles. The van der Waals surface area contributed by atoms with Crippen molar-refractivity contribution in [1.29, 1.82) is 0 Å². The van der Waals surface area contributed by atoms with E-state index < -0.39 is 95.4 Å². The summed E-state index contributed by atoms with van der Waals surface area (Å²) >= 11 is 0. The number of nitrogens with one attached hydrogen (secondary N) is 3. The standard InChI is InChI=1S/C41H52F2N6O8/c1-7-26-10-12-27(13-11-26)19-34(50)45-31(18-28-16-29(42)20-30(43)17-28)37(52)46-35-25(5)57-41(56)33-15-22(2)21-49(33)38(53)23(3)44-36(51)24(4)47(6)39(54)32-9-8-14-48(32)40(35)55/h10-13,16-17,20,22-25,31-33,35H,7-9,14-15,18-19,21H2,1-6H3,(H,44,51)(H,45,50)(H,46,52)/t22-,23-,24-,25-,31-,32-,33?,35-/m0/s1. The van der Waals surface area contributed by atoms with Crippen LogP contribution in [0.25, 0.3) is 0 Å². The van der Waals surface area contributed by atoms with Gasteiger partial charge in [0.1, 0.15) is 54.0 Å².